The lowest BCUT2D eigenvalue weighted by Crippen LogP contribution is -2.32. The summed E-state index contributed by atoms with van der Waals surface area (Å²) in [5.74, 6) is 0.996. The first-order chi connectivity index (χ1) is 6.77. The van der Waals surface area contributed by atoms with Crippen molar-refractivity contribution >= 4 is 6.29 Å². The van der Waals surface area contributed by atoms with Crippen LogP contribution in [0.3, 0.4) is 0 Å². The molecule has 4 nitrogen and oxygen atoms in total. The largest absolute Gasteiger partial charge is 0.323 e. The standard InChI is InChI=1S/C10H15N3O/c1-3-8-9(6-14)13-5-4-11-7(2)10(13)12-8/h6-7,11H,3-5H2,1-2H3. The summed E-state index contributed by atoms with van der Waals surface area (Å²) in [6.45, 7) is 5.86. The topological polar surface area (TPSA) is 46.9 Å². The molecule has 0 aliphatic carbocycles. The monoisotopic (exact) mass is 193 g/mol. The number of nitrogens with one attached hydrogen (secondary N) is 1. The van der Waals surface area contributed by atoms with Crippen LogP contribution in [0, 0.1) is 0 Å². The van der Waals surface area contributed by atoms with Crippen molar-refractivity contribution in [2.24, 2.45) is 0 Å². The minimum atomic E-state index is 0.253. The number of imidazole rings is 1. The van der Waals surface area contributed by atoms with Gasteiger partial charge in [-0.1, -0.05) is 6.92 Å². The molecule has 0 saturated carbocycles. The quantitative estimate of drug-likeness (QED) is 0.710. The SMILES string of the molecule is CCc1nc2n(c1C=O)CCNC2C. The predicted octanol–water partition coefficient (Wildman–Crippen LogP) is 0.922. The van der Waals surface area contributed by atoms with E-state index in [0.717, 1.165) is 43.0 Å². The van der Waals surface area contributed by atoms with Gasteiger partial charge in [0.05, 0.1) is 11.7 Å². The summed E-state index contributed by atoms with van der Waals surface area (Å²) in [5.41, 5.74) is 1.68. The average molecular weight is 193 g/mol. The Morgan fingerprint density at radius 3 is 3.14 bits per heavy atom. The van der Waals surface area contributed by atoms with E-state index in [9.17, 15) is 4.79 Å². The number of hydrogen-bond donors (Lipinski definition) is 1. The molecule has 0 saturated heterocycles. The molecule has 0 bridgehead atoms. The summed E-state index contributed by atoms with van der Waals surface area (Å²) in [5, 5.41) is 3.33. The van der Waals surface area contributed by atoms with Crippen LogP contribution in [-0.2, 0) is 13.0 Å². The van der Waals surface area contributed by atoms with Gasteiger partial charge in [-0.05, 0) is 13.3 Å². The normalized spacial score (nSPS) is 20.6. The number of aryl methyl sites for hydroxylation is 1. The molecule has 0 spiro atoms. The molecule has 1 aromatic rings. The lowest BCUT2D eigenvalue weighted by Gasteiger charge is -2.22. The molecule has 0 radical (unpaired) electrons. The van der Waals surface area contributed by atoms with E-state index in [0.29, 0.717) is 0 Å². The summed E-state index contributed by atoms with van der Waals surface area (Å²) in [7, 11) is 0. The predicted molar refractivity (Wildman–Crippen MR) is 53.4 cm³/mol. The molecule has 0 fully saturated rings. The lowest BCUT2D eigenvalue weighted by molar-refractivity contribution is 0.111. The third kappa shape index (κ3) is 1.26. The first-order valence-electron chi connectivity index (χ1n) is 5.05. The Bertz CT molecular complexity index is 356. The van der Waals surface area contributed by atoms with Gasteiger partial charge in [0.25, 0.3) is 0 Å². The Labute approximate surface area is 83.3 Å². The summed E-state index contributed by atoms with van der Waals surface area (Å²) >= 11 is 0. The highest BCUT2D eigenvalue weighted by Crippen LogP contribution is 2.19. The number of carbonyl (C=O) groups is 1. The van der Waals surface area contributed by atoms with Crippen LogP contribution in [0.5, 0.6) is 0 Å². The molecule has 2 rings (SSSR count). The molecular weight excluding hydrogens is 178 g/mol. The van der Waals surface area contributed by atoms with Gasteiger partial charge in [0.1, 0.15) is 11.5 Å². The number of aromatic nitrogens is 2. The fourth-order valence-electron chi connectivity index (χ4n) is 1.98. The van der Waals surface area contributed by atoms with Crippen molar-refractivity contribution < 1.29 is 4.79 Å². The summed E-state index contributed by atoms with van der Waals surface area (Å²) < 4.78 is 2.03. The molecule has 1 aromatic heterocycles. The van der Waals surface area contributed by atoms with E-state index in [1.807, 2.05) is 11.5 Å². The van der Waals surface area contributed by atoms with E-state index in [2.05, 4.69) is 17.2 Å². The van der Waals surface area contributed by atoms with Crippen molar-refractivity contribution in [3.8, 4) is 0 Å². The summed E-state index contributed by atoms with van der Waals surface area (Å²) in [4.78, 5) is 15.4. The second-order valence-corrected chi connectivity index (χ2v) is 3.60. The van der Waals surface area contributed by atoms with Gasteiger partial charge in [-0.15, -0.1) is 0 Å². The average Bonchev–Trinajstić information content (AvgIpc) is 2.57. The number of fused-ring (bicyclic) bond motifs is 1. The highest BCUT2D eigenvalue weighted by molar-refractivity contribution is 5.74. The molecule has 0 aromatic carbocycles. The van der Waals surface area contributed by atoms with Crippen LogP contribution in [0.15, 0.2) is 0 Å². The van der Waals surface area contributed by atoms with E-state index >= 15 is 0 Å². The van der Waals surface area contributed by atoms with Crippen molar-refractivity contribution in [2.45, 2.75) is 32.9 Å². The molecule has 0 amide bonds. The molecule has 1 N–H and O–H groups in total. The van der Waals surface area contributed by atoms with E-state index in [1.54, 1.807) is 0 Å². The molecule has 1 unspecified atom stereocenters. The molecule has 1 aliphatic rings. The molecule has 1 atom stereocenters. The summed E-state index contributed by atoms with van der Waals surface area (Å²) in [6.07, 6.45) is 1.74. The highest BCUT2D eigenvalue weighted by atomic mass is 16.1. The van der Waals surface area contributed by atoms with E-state index in [1.165, 1.54) is 0 Å². The molecular formula is C10H15N3O. The molecule has 76 valence electrons. The van der Waals surface area contributed by atoms with Crippen LogP contribution in [0.25, 0.3) is 0 Å². The number of rotatable bonds is 2. The van der Waals surface area contributed by atoms with Crippen molar-refractivity contribution in [2.75, 3.05) is 6.54 Å². The van der Waals surface area contributed by atoms with Crippen molar-refractivity contribution in [3.63, 3.8) is 0 Å². The van der Waals surface area contributed by atoms with Gasteiger partial charge < -0.3 is 9.88 Å². The minimum Gasteiger partial charge on any atom is -0.323 e. The maximum atomic E-state index is 10.9. The van der Waals surface area contributed by atoms with Crippen molar-refractivity contribution in [1.82, 2.24) is 14.9 Å². The Hall–Kier alpha value is -1.16. The number of carbonyl (C=O) groups excluding carboxylic acids is 1. The first kappa shape index (κ1) is 9.40. The van der Waals surface area contributed by atoms with E-state index in [4.69, 9.17) is 0 Å². The Morgan fingerprint density at radius 2 is 2.50 bits per heavy atom. The van der Waals surface area contributed by atoms with Crippen LogP contribution in [0.2, 0.25) is 0 Å². The highest BCUT2D eigenvalue weighted by Gasteiger charge is 2.22. The third-order valence-corrected chi connectivity index (χ3v) is 2.73. The second-order valence-electron chi connectivity index (χ2n) is 3.60. The first-order valence-corrected chi connectivity index (χ1v) is 5.05. The third-order valence-electron chi connectivity index (χ3n) is 2.73. The van der Waals surface area contributed by atoms with Gasteiger partial charge in [0, 0.05) is 13.1 Å². The fourth-order valence-corrected chi connectivity index (χ4v) is 1.98. The van der Waals surface area contributed by atoms with Crippen molar-refractivity contribution in [1.29, 1.82) is 0 Å². The lowest BCUT2D eigenvalue weighted by atomic mass is 10.2. The maximum Gasteiger partial charge on any atom is 0.168 e. The second kappa shape index (κ2) is 3.53. The zero-order valence-corrected chi connectivity index (χ0v) is 8.58. The van der Waals surface area contributed by atoms with Gasteiger partial charge >= 0.3 is 0 Å². The van der Waals surface area contributed by atoms with Crippen LogP contribution in [-0.4, -0.2) is 22.4 Å². The zero-order valence-electron chi connectivity index (χ0n) is 8.58. The van der Waals surface area contributed by atoms with Gasteiger partial charge in [-0.25, -0.2) is 4.98 Å². The smallest absolute Gasteiger partial charge is 0.168 e. The number of aldehydes is 1. The Balaban J connectivity index is 2.53. The zero-order chi connectivity index (χ0) is 10.1. The number of nitrogens with zero attached hydrogens (tertiary/aromatic N) is 2. The number of hydrogen-bond acceptors (Lipinski definition) is 3. The maximum absolute atomic E-state index is 10.9. The van der Waals surface area contributed by atoms with E-state index in [-0.39, 0.29) is 6.04 Å². The Kier molecular flexibility index (Phi) is 2.37. The van der Waals surface area contributed by atoms with Gasteiger partial charge in [0.15, 0.2) is 6.29 Å². The summed E-state index contributed by atoms with van der Waals surface area (Å²) in [6, 6.07) is 0.253. The molecule has 14 heavy (non-hydrogen) atoms. The van der Waals surface area contributed by atoms with Gasteiger partial charge in [-0.2, -0.15) is 0 Å². The van der Waals surface area contributed by atoms with Crippen LogP contribution < -0.4 is 5.32 Å². The fraction of sp³-hybridized carbons (Fsp3) is 0.600. The van der Waals surface area contributed by atoms with Crippen LogP contribution >= 0.6 is 0 Å². The molecule has 2 heterocycles. The van der Waals surface area contributed by atoms with E-state index < -0.39 is 0 Å². The van der Waals surface area contributed by atoms with Gasteiger partial charge in [-0.3, -0.25) is 4.79 Å². The van der Waals surface area contributed by atoms with Crippen LogP contribution in [0.4, 0.5) is 0 Å². The minimum absolute atomic E-state index is 0.253. The molecule has 4 heteroatoms. The van der Waals surface area contributed by atoms with Gasteiger partial charge in [0.2, 0.25) is 0 Å². The van der Waals surface area contributed by atoms with Crippen LogP contribution in [0.1, 0.15) is 41.9 Å². The van der Waals surface area contributed by atoms with Crippen molar-refractivity contribution in [3.05, 3.63) is 17.2 Å². The molecule has 1 aliphatic heterocycles. The Morgan fingerprint density at radius 1 is 1.71 bits per heavy atom.